The average Bonchev–Trinajstić information content (AvgIpc) is 2.62. The third-order valence-electron chi connectivity index (χ3n) is 5.58. The van der Waals surface area contributed by atoms with Gasteiger partial charge in [0.05, 0.1) is 0 Å². The Bertz CT molecular complexity index is 291. The van der Waals surface area contributed by atoms with Gasteiger partial charge < -0.3 is 13.3 Å². The molecule has 6 heteroatoms. The second kappa shape index (κ2) is 11.0. The first kappa shape index (κ1) is 23.3. The van der Waals surface area contributed by atoms with Crippen LogP contribution in [-0.2, 0) is 13.3 Å². The number of hydrogen-bond donors (Lipinski definition) is 0. The van der Waals surface area contributed by atoms with Crippen LogP contribution < -0.4 is 0 Å². The SMILES string of the molecule is C=CCCC(O[SiH3])(O[Si](CC)(CC)CC)O[Si](CC)(CC)CC. The van der Waals surface area contributed by atoms with Gasteiger partial charge in [0.2, 0.25) is 0 Å². The van der Waals surface area contributed by atoms with Crippen LogP contribution in [-0.4, -0.2) is 33.1 Å². The molecule has 0 bridgehead atoms. The van der Waals surface area contributed by atoms with Gasteiger partial charge in [-0.3, -0.25) is 0 Å². The summed E-state index contributed by atoms with van der Waals surface area (Å²) in [5.41, 5.74) is 0. The van der Waals surface area contributed by atoms with Gasteiger partial charge >= 0.3 is 0 Å². The molecule has 0 aliphatic heterocycles. The molecule has 0 radical (unpaired) electrons. The van der Waals surface area contributed by atoms with Crippen molar-refractivity contribution < 1.29 is 13.3 Å². The van der Waals surface area contributed by atoms with E-state index >= 15 is 0 Å². The van der Waals surface area contributed by atoms with Crippen molar-refractivity contribution in [3.8, 4) is 0 Å². The van der Waals surface area contributed by atoms with E-state index in [9.17, 15) is 0 Å². The molecule has 0 spiro atoms. The zero-order chi connectivity index (χ0) is 18.0. The lowest BCUT2D eigenvalue weighted by Crippen LogP contribution is -2.56. The summed E-state index contributed by atoms with van der Waals surface area (Å²) in [7, 11) is -2.98. The lowest BCUT2D eigenvalue weighted by Gasteiger charge is -2.46. The van der Waals surface area contributed by atoms with E-state index in [0.29, 0.717) is 10.5 Å². The highest BCUT2D eigenvalue weighted by atomic mass is 28.4. The molecule has 0 N–H and O–H groups in total. The Labute approximate surface area is 150 Å². The largest absolute Gasteiger partial charge is 0.382 e. The molecule has 138 valence electrons. The highest BCUT2D eigenvalue weighted by Crippen LogP contribution is 2.37. The molecule has 0 aromatic carbocycles. The van der Waals surface area contributed by atoms with Gasteiger partial charge in [-0.2, -0.15) is 0 Å². The number of hydrogen-bond acceptors (Lipinski definition) is 3. The minimum atomic E-state index is -1.80. The van der Waals surface area contributed by atoms with Crippen molar-refractivity contribution >= 4 is 27.1 Å². The van der Waals surface area contributed by atoms with Crippen molar-refractivity contribution in [3.63, 3.8) is 0 Å². The van der Waals surface area contributed by atoms with Gasteiger partial charge in [0.1, 0.15) is 0 Å². The second-order valence-electron chi connectivity index (χ2n) is 6.41. The summed E-state index contributed by atoms with van der Waals surface area (Å²) < 4.78 is 19.7. The average molecular weight is 377 g/mol. The standard InChI is InChI=1S/C17H40O3Si3/c1-8-15-16-17(18-21,19-22(9-2,10-3)11-4)20-23(12-5,13-6)14-7/h8H,1,9-16H2,2-7,21H3. The van der Waals surface area contributed by atoms with E-state index in [4.69, 9.17) is 13.3 Å². The fraction of sp³-hybridized carbons (Fsp3) is 0.882. The van der Waals surface area contributed by atoms with E-state index in [1.807, 2.05) is 6.08 Å². The molecule has 0 aromatic heterocycles. The third kappa shape index (κ3) is 6.25. The maximum absolute atomic E-state index is 6.80. The monoisotopic (exact) mass is 376 g/mol. The van der Waals surface area contributed by atoms with E-state index in [0.717, 1.165) is 49.1 Å². The zero-order valence-electron chi connectivity index (χ0n) is 16.7. The van der Waals surface area contributed by atoms with Crippen LogP contribution in [0.25, 0.3) is 0 Å². The molecular weight excluding hydrogens is 336 g/mol. The van der Waals surface area contributed by atoms with Crippen LogP contribution in [0.2, 0.25) is 36.3 Å². The molecule has 3 nitrogen and oxygen atoms in total. The normalized spacial score (nSPS) is 13.5. The van der Waals surface area contributed by atoms with Crippen LogP contribution in [0.1, 0.15) is 54.4 Å². The van der Waals surface area contributed by atoms with Crippen LogP contribution in [0.5, 0.6) is 0 Å². The van der Waals surface area contributed by atoms with Crippen molar-refractivity contribution in [1.82, 2.24) is 0 Å². The molecule has 0 rings (SSSR count). The summed E-state index contributed by atoms with van der Waals surface area (Å²) in [4.78, 5) is 0. The molecule has 0 aliphatic rings. The highest BCUT2D eigenvalue weighted by Gasteiger charge is 2.46. The summed E-state index contributed by atoms with van der Waals surface area (Å²) >= 11 is 0. The first-order valence-corrected chi connectivity index (χ1v) is 15.3. The minimum absolute atomic E-state index is 0.625. The van der Waals surface area contributed by atoms with E-state index in [1.165, 1.54) is 0 Å². The minimum Gasteiger partial charge on any atom is -0.382 e. The Kier molecular flexibility index (Phi) is 11.1. The summed E-state index contributed by atoms with van der Waals surface area (Å²) in [6.07, 6.45) is 3.58. The molecule has 0 saturated carbocycles. The van der Waals surface area contributed by atoms with Crippen molar-refractivity contribution in [1.29, 1.82) is 0 Å². The van der Waals surface area contributed by atoms with Crippen molar-refractivity contribution in [2.24, 2.45) is 0 Å². The number of allylic oxidation sites excluding steroid dienone is 1. The Morgan fingerprint density at radius 2 is 1.17 bits per heavy atom. The smallest absolute Gasteiger partial charge is 0.253 e. The van der Waals surface area contributed by atoms with E-state index in [-0.39, 0.29) is 0 Å². The van der Waals surface area contributed by atoms with Crippen LogP contribution >= 0.6 is 0 Å². The summed E-state index contributed by atoms with van der Waals surface area (Å²) in [6.45, 7) is 17.4. The second-order valence-corrected chi connectivity index (χ2v) is 16.2. The Balaban J connectivity index is 5.65. The topological polar surface area (TPSA) is 27.7 Å². The van der Waals surface area contributed by atoms with Crippen LogP contribution in [0.15, 0.2) is 12.7 Å². The molecule has 0 aromatic rings. The molecule has 0 heterocycles. The van der Waals surface area contributed by atoms with E-state index < -0.39 is 22.6 Å². The van der Waals surface area contributed by atoms with Gasteiger partial charge in [-0.1, -0.05) is 47.6 Å². The molecule has 23 heavy (non-hydrogen) atoms. The van der Waals surface area contributed by atoms with E-state index in [2.05, 4.69) is 48.1 Å². The predicted octanol–water partition coefficient (Wildman–Crippen LogP) is 4.95. The van der Waals surface area contributed by atoms with Gasteiger partial charge in [0.25, 0.3) is 5.97 Å². The van der Waals surface area contributed by atoms with Gasteiger partial charge in [-0.25, -0.2) is 0 Å². The van der Waals surface area contributed by atoms with Gasteiger partial charge in [-0.15, -0.1) is 6.58 Å². The fourth-order valence-electron chi connectivity index (χ4n) is 3.18. The maximum atomic E-state index is 6.80. The summed E-state index contributed by atoms with van der Waals surface area (Å²) in [5.74, 6) is -0.817. The van der Waals surface area contributed by atoms with Crippen LogP contribution in [0, 0.1) is 0 Å². The molecule has 0 saturated heterocycles. The Hall–Kier alpha value is 0.271. The predicted molar refractivity (Wildman–Crippen MR) is 110 cm³/mol. The first-order chi connectivity index (χ1) is 10.9. The lowest BCUT2D eigenvalue weighted by atomic mass is 10.3. The van der Waals surface area contributed by atoms with E-state index in [1.54, 1.807) is 0 Å². The first-order valence-electron chi connectivity index (χ1n) is 9.46. The molecule has 0 atom stereocenters. The molecule has 0 unspecified atom stereocenters. The quantitative estimate of drug-likeness (QED) is 0.244. The highest BCUT2D eigenvalue weighted by molar-refractivity contribution is 6.74. The van der Waals surface area contributed by atoms with Gasteiger partial charge in [-0.05, 0) is 42.7 Å². The zero-order valence-corrected chi connectivity index (χ0v) is 20.7. The van der Waals surface area contributed by atoms with Crippen LogP contribution in [0.4, 0.5) is 0 Å². The van der Waals surface area contributed by atoms with Gasteiger partial charge in [0, 0.05) is 6.42 Å². The Morgan fingerprint density at radius 3 is 1.39 bits per heavy atom. The van der Waals surface area contributed by atoms with Crippen LogP contribution in [0.3, 0.4) is 0 Å². The summed E-state index contributed by atoms with van der Waals surface area (Å²) in [6, 6.07) is 6.68. The summed E-state index contributed by atoms with van der Waals surface area (Å²) in [5, 5.41) is 0. The molecule has 0 aliphatic carbocycles. The third-order valence-corrected chi connectivity index (χ3v) is 15.4. The molecule has 0 amide bonds. The van der Waals surface area contributed by atoms with Crippen molar-refractivity contribution in [2.45, 2.75) is 96.6 Å². The number of rotatable bonds is 14. The molecule has 0 fully saturated rings. The Morgan fingerprint density at radius 1 is 0.826 bits per heavy atom. The fourth-order valence-corrected chi connectivity index (χ4v) is 9.61. The van der Waals surface area contributed by atoms with Crippen molar-refractivity contribution in [2.75, 3.05) is 0 Å². The maximum Gasteiger partial charge on any atom is 0.253 e. The molecular formula is C17H40O3Si3. The van der Waals surface area contributed by atoms with Gasteiger partial charge in [0.15, 0.2) is 27.1 Å². The van der Waals surface area contributed by atoms with Crippen molar-refractivity contribution in [3.05, 3.63) is 12.7 Å². The lowest BCUT2D eigenvalue weighted by molar-refractivity contribution is -0.269.